The smallest absolute Gasteiger partial charge is 0.395 e. The van der Waals surface area contributed by atoms with Crippen LogP contribution in [0.3, 0.4) is 0 Å². The first-order valence-corrected chi connectivity index (χ1v) is 6.34. The van der Waals surface area contributed by atoms with E-state index in [1.165, 1.54) is 0 Å². The Kier molecular flexibility index (Phi) is 22.2. The third kappa shape index (κ3) is 27.8. The molecule has 0 spiro atoms. The molecule has 0 aromatic carbocycles. The zero-order chi connectivity index (χ0) is 18.0. The Labute approximate surface area is 126 Å². The highest BCUT2D eigenvalue weighted by atomic mass is 19.4. The third-order valence-corrected chi connectivity index (χ3v) is 1.85. The van der Waals surface area contributed by atoms with E-state index in [2.05, 4.69) is 0 Å². The fourth-order valence-corrected chi connectivity index (χ4v) is 0.817. The summed E-state index contributed by atoms with van der Waals surface area (Å²) in [6.45, 7) is -0.705. The van der Waals surface area contributed by atoms with E-state index >= 15 is 0 Å². The second-order valence-electron chi connectivity index (χ2n) is 3.80. The first-order chi connectivity index (χ1) is 10.2. The van der Waals surface area contributed by atoms with E-state index in [1.54, 1.807) is 4.90 Å². The summed E-state index contributed by atoms with van der Waals surface area (Å²) < 4.78 is 31.6. The summed E-state index contributed by atoms with van der Waals surface area (Å²) in [6.07, 6.45) is -5.36. The minimum absolute atomic E-state index is 0.0694. The molecule has 7 N–H and O–H groups in total. The van der Waals surface area contributed by atoms with E-state index in [9.17, 15) is 13.2 Å². The van der Waals surface area contributed by atoms with Crippen LogP contribution in [-0.4, -0.2) is 112 Å². The van der Waals surface area contributed by atoms with Gasteiger partial charge in [-0.3, -0.25) is 4.90 Å². The van der Waals surface area contributed by atoms with Crippen LogP contribution < -0.4 is 0 Å². The van der Waals surface area contributed by atoms with Gasteiger partial charge in [-0.15, -0.1) is 0 Å². The standard InChI is InChI=1S/C6H15NO3.C3H8O3.C2H3F3O/c8-4-1-7(2-5-9)3-6-10;4-1-3(6)2-5;3-2(4,5)1-6/h8-10H,1-6H2;3-6H,1-2H2;6H,1H2. The van der Waals surface area contributed by atoms with Crippen molar-refractivity contribution in [3.8, 4) is 0 Å². The molecule has 0 rings (SSSR count). The van der Waals surface area contributed by atoms with Crippen LogP contribution in [0.2, 0.25) is 0 Å². The molecule has 11 heteroatoms. The van der Waals surface area contributed by atoms with Gasteiger partial charge in [0.15, 0.2) is 0 Å². The van der Waals surface area contributed by atoms with Crippen molar-refractivity contribution in [3.63, 3.8) is 0 Å². The Morgan fingerprint density at radius 3 is 1.09 bits per heavy atom. The SMILES string of the molecule is OCC(F)(F)F.OCC(O)CO.OCCN(CCO)CCO. The molecular formula is C11H26F3NO7. The Balaban J connectivity index is -0.000000261. The van der Waals surface area contributed by atoms with Crippen LogP contribution in [-0.2, 0) is 0 Å². The van der Waals surface area contributed by atoms with Crippen LogP contribution in [0.1, 0.15) is 0 Å². The summed E-state index contributed by atoms with van der Waals surface area (Å²) in [7, 11) is 0. The van der Waals surface area contributed by atoms with Gasteiger partial charge in [-0.2, -0.15) is 13.2 Å². The van der Waals surface area contributed by atoms with Gasteiger partial charge in [0.25, 0.3) is 0 Å². The molecule has 0 unspecified atom stereocenters. The number of hydrogen-bond donors (Lipinski definition) is 7. The fraction of sp³-hybridized carbons (Fsp3) is 1.00. The fourth-order valence-electron chi connectivity index (χ4n) is 0.817. The Morgan fingerprint density at radius 1 is 0.727 bits per heavy atom. The Hall–Kier alpha value is -0.530. The zero-order valence-electron chi connectivity index (χ0n) is 12.2. The van der Waals surface area contributed by atoms with Crippen molar-refractivity contribution in [3.05, 3.63) is 0 Å². The first kappa shape index (κ1) is 26.4. The van der Waals surface area contributed by atoms with Gasteiger partial charge < -0.3 is 35.7 Å². The molecule has 8 nitrogen and oxygen atoms in total. The van der Waals surface area contributed by atoms with E-state index in [1.807, 2.05) is 0 Å². The summed E-state index contributed by atoms with van der Waals surface area (Å²) in [5, 5.41) is 56.7. The highest BCUT2D eigenvalue weighted by Crippen LogP contribution is 2.11. The van der Waals surface area contributed by atoms with Crippen LogP contribution in [0.5, 0.6) is 0 Å². The molecule has 0 aliphatic carbocycles. The molecule has 0 bridgehead atoms. The number of nitrogens with zero attached hydrogens (tertiary/aromatic N) is 1. The molecule has 0 heterocycles. The van der Waals surface area contributed by atoms with Crippen molar-refractivity contribution in [2.45, 2.75) is 12.3 Å². The van der Waals surface area contributed by atoms with Gasteiger partial charge in [0, 0.05) is 19.6 Å². The average molecular weight is 341 g/mol. The minimum Gasteiger partial charge on any atom is -0.395 e. The highest BCUT2D eigenvalue weighted by molar-refractivity contribution is 4.54. The van der Waals surface area contributed by atoms with Crippen molar-refractivity contribution < 1.29 is 48.9 Å². The lowest BCUT2D eigenvalue weighted by atomic mass is 10.4. The quantitative estimate of drug-likeness (QED) is 0.250. The molecule has 0 aromatic rings. The van der Waals surface area contributed by atoms with Crippen molar-refractivity contribution in [1.29, 1.82) is 0 Å². The van der Waals surface area contributed by atoms with Crippen LogP contribution in [0.15, 0.2) is 0 Å². The molecule has 0 aromatic heterocycles. The number of halogens is 3. The summed E-state index contributed by atoms with van der Waals surface area (Å²) in [5.41, 5.74) is 0. The molecule has 138 valence electrons. The Bertz CT molecular complexity index is 192. The molecule has 0 fully saturated rings. The second-order valence-corrected chi connectivity index (χ2v) is 3.80. The number of hydrogen-bond acceptors (Lipinski definition) is 8. The predicted octanol–water partition coefficient (Wildman–Crippen LogP) is -2.86. The molecular weight excluding hydrogens is 315 g/mol. The maximum atomic E-state index is 10.5. The highest BCUT2D eigenvalue weighted by Gasteiger charge is 2.24. The lowest BCUT2D eigenvalue weighted by Gasteiger charge is -2.17. The maximum Gasteiger partial charge on any atom is 0.411 e. The predicted molar refractivity (Wildman–Crippen MR) is 71.0 cm³/mol. The van der Waals surface area contributed by atoms with Crippen LogP contribution in [0, 0.1) is 0 Å². The van der Waals surface area contributed by atoms with Crippen LogP contribution in [0.4, 0.5) is 13.2 Å². The monoisotopic (exact) mass is 341 g/mol. The van der Waals surface area contributed by atoms with Crippen molar-refractivity contribution in [1.82, 2.24) is 4.90 Å². The maximum absolute atomic E-state index is 10.5. The molecule has 0 atom stereocenters. The third-order valence-electron chi connectivity index (χ3n) is 1.85. The van der Waals surface area contributed by atoms with Crippen molar-refractivity contribution in [2.24, 2.45) is 0 Å². The molecule has 0 aliphatic heterocycles. The average Bonchev–Trinajstić information content (AvgIpc) is 2.48. The molecule has 0 radical (unpaired) electrons. The normalized spacial score (nSPS) is 10.9. The van der Waals surface area contributed by atoms with Gasteiger partial charge in [0.1, 0.15) is 12.7 Å². The van der Waals surface area contributed by atoms with Crippen molar-refractivity contribution in [2.75, 3.05) is 59.3 Å². The van der Waals surface area contributed by atoms with E-state index in [0.29, 0.717) is 19.6 Å². The van der Waals surface area contributed by atoms with E-state index < -0.39 is 18.9 Å². The van der Waals surface area contributed by atoms with Gasteiger partial charge in [-0.1, -0.05) is 0 Å². The van der Waals surface area contributed by atoms with E-state index in [-0.39, 0.29) is 33.0 Å². The lowest BCUT2D eigenvalue weighted by Crippen LogP contribution is -2.32. The largest absolute Gasteiger partial charge is 0.411 e. The Morgan fingerprint density at radius 2 is 1.00 bits per heavy atom. The number of rotatable bonds is 8. The zero-order valence-corrected chi connectivity index (χ0v) is 12.2. The summed E-state index contributed by atoms with van der Waals surface area (Å²) in [5.74, 6) is 0. The topological polar surface area (TPSA) is 145 Å². The van der Waals surface area contributed by atoms with Gasteiger partial charge in [0.2, 0.25) is 0 Å². The number of aliphatic hydroxyl groups excluding tert-OH is 7. The van der Waals surface area contributed by atoms with Crippen LogP contribution >= 0.6 is 0 Å². The van der Waals surface area contributed by atoms with Crippen LogP contribution in [0.25, 0.3) is 0 Å². The van der Waals surface area contributed by atoms with Gasteiger partial charge in [-0.25, -0.2) is 0 Å². The van der Waals surface area contributed by atoms with Gasteiger partial charge in [-0.05, 0) is 0 Å². The van der Waals surface area contributed by atoms with E-state index in [0.717, 1.165) is 0 Å². The van der Waals surface area contributed by atoms with Crippen molar-refractivity contribution >= 4 is 0 Å². The van der Waals surface area contributed by atoms with Gasteiger partial charge >= 0.3 is 6.18 Å². The lowest BCUT2D eigenvalue weighted by molar-refractivity contribution is -0.159. The van der Waals surface area contributed by atoms with Gasteiger partial charge in [0.05, 0.1) is 33.0 Å². The number of alkyl halides is 3. The molecule has 0 saturated heterocycles. The minimum atomic E-state index is -4.40. The molecule has 0 saturated carbocycles. The molecule has 22 heavy (non-hydrogen) atoms. The first-order valence-electron chi connectivity index (χ1n) is 6.34. The molecule has 0 amide bonds. The summed E-state index contributed by atoms with van der Waals surface area (Å²) >= 11 is 0. The summed E-state index contributed by atoms with van der Waals surface area (Å²) in [6, 6.07) is 0. The molecule has 0 aliphatic rings. The number of aliphatic hydroxyl groups is 7. The summed E-state index contributed by atoms with van der Waals surface area (Å²) in [4.78, 5) is 1.79. The second kappa shape index (κ2) is 18.5. The van der Waals surface area contributed by atoms with E-state index in [4.69, 9.17) is 35.7 Å².